The molecule has 0 saturated heterocycles. The van der Waals surface area contributed by atoms with E-state index in [1.54, 1.807) is 18.2 Å². The van der Waals surface area contributed by atoms with Gasteiger partial charge in [0.1, 0.15) is 5.75 Å². The lowest BCUT2D eigenvalue weighted by Crippen LogP contribution is -2.00. The van der Waals surface area contributed by atoms with Gasteiger partial charge >= 0.3 is 5.97 Å². The Morgan fingerprint density at radius 1 is 1.22 bits per heavy atom. The van der Waals surface area contributed by atoms with Crippen LogP contribution in [0.2, 0.25) is 0 Å². The summed E-state index contributed by atoms with van der Waals surface area (Å²) >= 11 is 3.44. The van der Waals surface area contributed by atoms with Crippen LogP contribution in [0.25, 0.3) is 22.2 Å². The van der Waals surface area contributed by atoms with Gasteiger partial charge in [-0.05, 0) is 59.3 Å². The molecule has 5 heteroatoms. The summed E-state index contributed by atoms with van der Waals surface area (Å²) in [6, 6.07) is 14.5. The fourth-order valence-electron chi connectivity index (χ4n) is 2.43. The molecule has 0 bridgehead atoms. The number of aromatic carboxylic acids is 1. The van der Waals surface area contributed by atoms with Crippen LogP contribution in [0.1, 0.15) is 17.3 Å². The minimum Gasteiger partial charge on any atom is -0.494 e. The van der Waals surface area contributed by atoms with Gasteiger partial charge < -0.3 is 9.84 Å². The molecule has 1 aromatic heterocycles. The standard InChI is InChI=1S/C18H14BrNO3/c1-2-23-12-8-6-11(7-9-12)16-10-14(18(21)22)13-4-3-5-15(19)17(13)20-16/h3-10H,2H2,1H3,(H,21,22). The van der Waals surface area contributed by atoms with E-state index < -0.39 is 5.97 Å². The highest BCUT2D eigenvalue weighted by atomic mass is 79.9. The van der Waals surface area contributed by atoms with Gasteiger partial charge in [0, 0.05) is 15.4 Å². The molecule has 1 heterocycles. The summed E-state index contributed by atoms with van der Waals surface area (Å²) in [5.74, 6) is -0.195. The van der Waals surface area contributed by atoms with E-state index in [2.05, 4.69) is 20.9 Å². The monoisotopic (exact) mass is 371 g/mol. The first-order valence-electron chi connectivity index (χ1n) is 7.16. The van der Waals surface area contributed by atoms with Crippen molar-refractivity contribution in [1.82, 2.24) is 4.98 Å². The van der Waals surface area contributed by atoms with Crippen molar-refractivity contribution in [2.45, 2.75) is 6.92 Å². The van der Waals surface area contributed by atoms with E-state index in [1.165, 1.54) is 0 Å². The largest absolute Gasteiger partial charge is 0.494 e. The normalized spacial score (nSPS) is 10.7. The topological polar surface area (TPSA) is 59.4 Å². The molecule has 0 radical (unpaired) electrons. The first-order chi connectivity index (χ1) is 11.1. The average Bonchev–Trinajstić information content (AvgIpc) is 2.55. The summed E-state index contributed by atoms with van der Waals surface area (Å²) in [6.07, 6.45) is 0. The number of carboxylic acid groups (broad SMARTS) is 1. The second-order valence-electron chi connectivity index (χ2n) is 4.95. The van der Waals surface area contributed by atoms with Crippen molar-refractivity contribution < 1.29 is 14.6 Å². The number of rotatable bonds is 4. The van der Waals surface area contributed by atoms with E-state index in [0.29, 0.717) is 23.2 Å². The molecule has 0 spiro atoms. The first-order valence-corrected chi connectivity index (χ1v) is 7.95. The SMILES string of the molecule is CCOc1ccc(-c2cc(C(=O)O)c3cccc(Br)c3n2)cc1. The Labute approximate surface area is 141 Å². The van der Waals surface area contributed by atoms with Crippen molar-refractivity contribution in [1.29, 1.82) is 0 Å². The Morgan fingerprint density at radius 3 is 2.61 bits per heavy atom. The maximum atomic E-state index is 11.6. The Kier molecular flexibility index (Phi) is 4.30. The van der Waals surface area contributed by atoms with Gasteiger partial charge in [-0.15, -0.1) is 0 Å². The van der Waals surface area contributed by atoms with Gasteiger partial charge in [-0.3, -0.25) is 0 Å². The lowest BCUT2D eigenvalue weighted by atomic mass is 10.0. The summed E-state index contributed by atoms with van der Waals surface area (Å²) in [5.41, 5.74) is 2.33. The molecular weight excluding hydrogens is 358 g/mol. The quantitative estimate of drug-likeness (QED) is 0.717. The number of hydrogen-bond acceptors (Lipinski definition) is 3. The number of carboxylic acids is 1. The zero-order chi connectivity index (χ0) is 16.4. The van der Waals surface area contributed by atoms with Gasteiger partial charge in [-0.1, -0.05) is 12.1 Å². The van der Waals surface area contributed by atoms with Crippen molar-refractivity contribution in [2.75, 3.05) is 6.61 Å². The molecule has 116 valence electrons. The smallest absolute Gasteiger partial charge is 0.336 e. The molecule has 0 fully saturated rings. The molecule has 3 aromatic rings. The number of ether oxygens (including phenoxy) is 1. The zero-order valence-electron chi connectivity index (χ0n) is 12.4. The van der Waals surface area contributed by atoms with Crippen LogP contribution in [-0.2, 0) is 0 Å². The highest BCUT2D eigenvalue weighted by Gasteiger charge is 2.14. The van der Waals surface area contributed by atoms with E-state index in [4.69, 9.17) is 4.74 Å². The maximum absolute atomic E-state index is 11.6. The number of para-hydroxylation sites is 1. The summed E-state index contributed by atoms with van der Waals surface area (Å²) in [5, 5.41) is 10.1. The van der Waals surface area contributed by atoms with Crippen LogP contribution in [0.4, 0.5) is 0 Å². The molecule has 0 unspecified atom stereocenters. The molecule has 23 heavy (non-hydrogen) atoms. The van der Waals surface area contributed by atoms with Gasteiger partial charge in [0.25, 0.3) is 0 Å². The highest BCUT2D eigenvalue weighted by Crippen LogP contribution is 2.30. The van der Waals surface area contributed by atoms with Crippen molar-refractivity contribution in [3.05, 3.63) is 58.6 Å². The molecule has 2 aromatic carbocycles. The number of nitrogens with zero attached hydrogens (tertiary/aromatic N) is 1. The molecule has 0 saturated carbocycles. The molecule has 3 rings (SSSR count). The highest BCUT2D eigenvalue weighted by molar-refractivity contribution is 9.10. The number of benzene rings is 2. The van der Waals surface area contributed by atoms with E-state index >= 15 is 0 Å². The van der Waals surface area contributed by atoms with Crippen molar-refractivity contribution in [3.8, 4) is 17.0 Å². The molecule has 4 nitrogen and oxygen atoms in total. The second kappa shape index (κ2) is 6.38. The third kappa shape index (κ3) is 3.05. The maximum Gasteiger partial charge on any atom is 0.336 e. The van der Waals surface area contributed by atoms with E-state index in [0.717, 1.165) is 15.8 Å². The summed E-state index contributed by atoms with van der Waals surface area (Å²) in [4.78, 5) is 16.2. The van der Waals surface area contributed by atoms with Crippen LogP contribution in [0.3, 0.4) is 0 Å². The van der Waals surface area contributed by atoms with Gasteiger partial charge in [-0.25, -0.2) is 9.78 Å². The van der Waals surface area contributed by atoms with Crippen molar-refractivity contribution in [2.24, 2.45) is 0 Å². The molecular formula is C18H14BrNO3. The number of hydrogen-bond donors (Lipinski definition) is 1. The molecule has 1 N–H and O–H groups in total. The van der Waals surface area contributed by atoms with Crippen LogP contribution >= 0.6 is 15.9 Å². The Bertz CT molecular complexity index is 875. The van der Waals surface area contributed by atoms with Crippen LogP contribution in [0.5, 0.6) is 5.75 Å². The molecule has 0 atom stereocenters. The van der Waals surface area contributed by atoms with Crippen molar-refractivity contribution in [3.63, 3.8) is 0 Å². The predicted octanol–water partition coefficient (Wildman–Crippen LogP) is 4.76. The lowest BCUT2D eigenvalue weighted by Gasteiger charge is -2.09. The second-order valence-corrected chi connectivity index (χ2v) is 5.81. The van der Waals surface area contributed by atoms with Gasteiger partial charge in [-0.2, -0.15) is 0 Å². The summed E-state index contributed by atoms with van der Waals surface area (Å²) < 4.78 is 6.19. The minimum atomic E-state index is -0.970. The van der Waals surface area contributed by atoms with E-state index in [-0.39, 0.29) is 5.56 Å². The van der Waals surface area contributed by atoms with Crippen molar-refractivity contribution >= 4 is 32.8 Å². The van der Waals surface area contributed by atoms with Crippen LogP contribution in [0, 0.1) is 0 Å². The Hall–Kier alpha value is -2.40. The number of aromatic nitrogens is 1. The Balaban J connectivity index is 2.17. The lowest BCUT2D eigenvalue weighted by molar-refractivity contribution is 0.0699. The van der Waals surface area contributed by atoms with Gasteiger partial charge in [0.05, 0.1) is 23.4 Å². The van der Waals surface area contributed by atoms with Gasteiger partial charge in [0.15, 0.2) is 0 Å². The molecule has 0 aliphatic rings. The first kappa shape index (κ1) is 15.5. The van der Waals surface area contributed by atoms with Crippen LogP contribution in [-0.4, -0.2) is 22.7 Å². The zero-order valence-corrected chi connectivity index (χ0v) is 14.0. The van der Waals surface area contributed by atoms with Crippen LogP contribution < -0.4 is 4.74 Å². The third-order valence-corrected chi connectivity index (χ3v) is 4.12. The van der Waals surface area contributed by atoms with E-state index in [1.807, 2.05) is 37.3 Å². The summed E-state index contributed by atoms with van der Waals surface area (Å²) in [7, 11) is 0. The fourth-order valence-corrected chi connectivity index (χ4v) is 2.88. The number of fused-ring (bicyclic) bond motifs is 1. The van der Waals surface area contributed by atoms with E-state index in [9.17, 15) is 9.90 Å². The summed E-state index contributed by atoms with van der Waals surface area (Å²) in [6.45, 7) is 2.53. The number of pyridine rings is 1. The van der Waals surface area contributed by atoms with Gasteiger partial charge in [0.2, 0.25) is 0 Å². The number of carbonyl (C=O) groups is 1. The van der Waals surface area contributed by atoms with Crippen LogP contribution in [0.15, 0.2) is 53.0 Å². The molecule has 0 aliphatic heterocycles. The third-order valence-electron chi connectivity index (χ3n) is 3.48. The minimum absolute atomic E-state index is 0.236. The fraction of sp³-hybridized carbons (Fsp3) is 0.111. The predicted molar refractivity (Wildman–Crippen MR) is 93.0 cm³/mol. The average molecular weight is 372 g/mol. The number of halogens is 1. The molecule has 0 aliphatic carbocycles. The molecule has 0 amide bonds. The Morgan fingerprint density at radius 2 is 1.96 bits per heavy atom.